The molecule has 0 radical (unpaired) electrons. The summed E-state index contributed by atoms with van der Waals surface area (Å²) in [4.78, 5) is 22.0. The number of amides is 1. The quantitative estimate of drug-likeness (QED) is 0.753. The molecule has 1 aliphatic rings. The van der Waals surface area contributed by atoms with Crippen LogP contribution in [0.4, 0.5) is 0 Å². The van der Waals surface area contributed by atoms with Gasteiger partial charge >= 0.3 is 6.01 Å². The summed E-state index contributed by atoms with van der Waals surface area (Å²) < 4.78 is 17.0. The van der Waals surface area contributed by atoms with E-state index in [4.69, 9.17) is 14.2 Å². The minimum atomic E-state index is -0.513. The number of hydrogen-bond donors (Lipinski definition) is 0. The Bertz CT molecular complexity index is 741. The van der Waals surface area contributed by atoms with Gasteiger partial charge in [0.15, 0.2) is 6.61 Å². The number of ether oxygens (including phenoxy) is 3. The van der Waals surface area contributed by atoms with Gasteiger partial charge in [0.1, 0.15) is 18.0 Å². The van der Waals surface area contributed by atoms with E-state index in [2.05, 4.69) is 9.97 Å². The first kappa shape index (κ1) is 18.1. The van der Waals surface area contributed by atoms with E-state index < -0.39 is 5.60 Å². The van der Waals surface area contributed by atoms with Gasteiger partial charge in [-0.3, -0.25) is 4.79 Å². The number of rotatable bonds is 7. The summed E-state index contributed by atoms with van der Waals surface area (Å²) in [6, 6.07) is 9.74. The molecular weight excluding hydrogens is 334 g/mol. The van der Waals surface area contributed by atoms with Crippen LogP contribution in [0.2, 0.25) is 0 Å². The Balaban J connectivity index is 1.54. The van der Waals surface area contributed by atoms with Gasteiger partial charge in [-0.05, 0) is 31.0 Å². The molecule has 1 fully saturated rings. The lowest BCUT2D eigenvalue weighted by atomic mass is 10.0. The summed E-state index contributed by atoms with van der Waals surface area (Å²) in [5.74, 6) is 0.713. The van der Waals surface area contributed by atoms with Crippen LogP contribution >= 0.6 is 0 Å². The zero-order chi connectivity index (χ0) is 18.4. The summed E-state index contributed by atoms with van der Waals surface area (Å²) in [6.45, 7) is 3.36. The number of benzene rings is 1. The van der Waals surface area contributed by atoms with Crippen LogP contribution in [0.5, 0.6) is 11.8 Å². The molecule has 2 heterocycles. The van der Waals surface area contributed by atoms with Crippen molar-refractivity contribution in [1.29, 1.82) is 0 Å². The zero-order valence-corrected chi connectivity index (χ0v) is 15.1. The molecule has 1 unspecified atom stereocenters. The number of nitrogens with zero attached hydrogens (tertiary/aromatic N) is 3. The Hall–Kier alpha value is -2.67. The molecule has 0 bridgehead atoms. The molecule has 7 nitrogen and oxygen atoms in total. The summed E-state index contributed by atoms with van der Waals surface area (Å²) in [6.07, 6.45) is 3.85. The number of hydrogen-bond acceptors (Lipinski definition) is 6. The molecule has 0 N–H and O–H groups in total. The van der Waals surface area contributed by atoms with Crippen LogP contribution in [0.3, 0.4) is 0 Å². The Kier molecular flexibility index (Phi) is 5.68. The third-order valence-corrected chi connectivity index (χ3v) is 4.55. The maximum atomic E-state index is 12.4. The number of methoxy groups -OCH3 is 1. The lowest BCUT2D eigenvalue weighted by molar-refractivity contribution is -0.134. The van der Waals surface area contributed by atoms with Crippen molar-refractivity contribution in [3.63, 3.8) is 0 Å². The van der Waals surface area contributed by atoms with Crippen molar-refractivity contribution >= 4 is 5.91 Å². The average molecular weight is 357 g/mol. The molecule has 1 amide bonds. The number of carbonyl (C=O) groups is 1. The minimum Gasteiger partial charge on any atom is -0.490 e. The first-order valence-corrected chi connectivity index (χ1v) is 8.53. The van der Waals surface area contributed by atoms with E-state index in [-0.39, 0.29) is 18.5 Å². The van der Waals surface area contributed by atoms with Gasteiger partial charge in [-0.1, -0.05) is 18.2 Å². The molecule has 7 heteroatoms. The highest BCUT2D eigenvalue weighted by atomic mass is 16.5. The van der Waals surface area contributed by atoms with Crippen molar-refractivity contribution in [3.05, 3.63) is 48.3 Å². The largest absolute Gasteiger partial charge is 0.490 e. The molecule has 2 aromatic rings. The summed E-state index contributed by atoms with van der Waals surface area (Å²) in [5, 5.41) is 0. The van der Waals surface area contributed by atoms with Crippen LogP contribution in [0.1, 0.15) is 12.0 Å². The van der Waals surface area contributed by atoms with Gasteiger partial charge in [-0.2, -0.15) is 0 Å². The minimum absolute atomic E-state index is 0.0948. The standard InChI is InChI=1S/C19H23N3O4/c1-15-6-3-4-7-16(15)26-14-19(24-2)8-11-22(13-19)17(23)12-25-18-20-9-5-10-21-18/h3-7,9-10H,8,11-14H2,1-2H3. The first-order chi connectivity index (χ1) is 12.6. The van der Waals surface area contributed by atoms with Crippen molar-refractivity contribution in [2.75, 3.05) is 33.4 Å². The van der Waals surface area contributed by atoms with Crippen molar-refractivity contribution in [1.82, 2.24) is 14.9 Å². The summed E-state index contributed by atoms with van der Waals surface area (Å²) in [5.41, 5.74) is 0.558. The lowest BCUT2D eigenvalue weighted by Gasteiger charge is -2.28. The second-order valence-corrected chi connectivity index (χ2v) is 6.33. The lowest BCUT2D eigenvalue weighted by Crippen LogP contribution is -2.43. The molecule has 0 saturated carbocycles. The number of para-hydroxylation sites is 1. The molecule has 0 spiro atoms. The normalized spacial score (nSPS) is 19.4. The van der Waals surface area contributed by atoms with E-state index in [9.17, 15) is 4.79 Å². The van der Waals surface area contributed by atoms with Gasteiger partial charge in [0.05, 0.1) is 6.54 Å². The van der Waals surface area contributed by atoms with Gasteiger partial charge in [-0.25, -0.2) is 9.97 Å². The Labute approximate surface area is 152 Å². The topological polar surface area (TPSA) is 73.8 Å². The van der Waals surface area contributed by atoms with Crippen LogP contribution in [-0.2, 0) is 9.53 Å². The molecular formula is C19H23N3O4. The van der Waals surface area contributed by atoms with Crippen LogP contribution in [0.15, 0.2) is 42.7 Å². The monoisotopic (exact) mass is 357 g/mol. The van der Waals surface area contributed by atoms with E-state index in [1.54, 1.807) is 30.5 Å². The molecule has 1 atom stereocenters. The van der Waals surface area contributed by atoms with Crippen molar-refractivity contribution in [2.45, 2.75) is 18.9 Å². The molecule has 26 heavy (non-hydrogen) atoms. The predicted molar refractivity (Wildman–Crippen MR) is 95.1 cm³/mol. The number of aryl methyl sites for hydroxylation is 1. The fourth-order valence-electron chi connectivity index (χ4n) is 2.91. The van der Waals surface area contributed by atoms with Crippen molar-refractivity contribution in [2.24, 2.45) is 0 Å². The predicted octanol–water partition coefficient (Wildman–Crippen LogP) is 1.86. The molecule has 138 valence electrons. The summed E-state index contributed by atoms with van der Waals surface area (Å²) >= 11 is 0. The summed E-state index contributed by atoms with van der Waals surface area (Å²) in [7, 11) is 1.66. The second-order valence-electron chi connectivity index (χ2n) is 6.33. The van der Waals surface area contributed by atoms with Gasteiger partial charge in [-0.15, -0.1) is 0 Å². The van der Waals surface area contributed by atoms with Crippen molar-refractivity contribution in [3.8, 4) is 11.8 Å². The Morgan fingerprint density at radius 3 is 2.69 bits per heavy atom. The molecule has 1 aromatic carbocycles. The highest BCUT2D eigenvalue weighted by Gasteiger charge is 2.41. The maximum Gasteiger partial charge on any atom is 0.316 e. The number of carbonyl (C=O) groups excluding carboxylic acids is 1. The van der Waals surface area contributed by atoms with Crippen LogP contribution in [-0.4, -0.2) is 59.8 Å². The Morgan fingerprint density at radius 2 is 1.96 bits per heavy atom. The maximum absolute atomic E-state index is 12.4. The first-order valence-electron chi connectivity index (χ1n) is 8.53. The van der Waals surface area contributed by atoms with Crippen LogP contribution in [0, 0.1) is 6.92 Å². The molecule has 1 saturated heterocycles. The fourth-order valence-corrected chi connectivity index (χ4v) is 2.91. The smallest absolute Gasteiger partial charge is 0.316 e. The van der Waals surface area contributed by atoms with Gasteiger partial charge in [0.25, 0.3) is 5.91 Å². The molecule has 0 aliphatic carbocycles. The third kappa shape index (κ3) is 4.29. The Morgan fingerprint density at radius 1 is 1.19 bits per heavy atom. The van der Waals surface area contributed by atoms with Crippen LogP contribution in [0.25, 0.3) is 0 Å². The molecule has 3 rings (SSSR count). The van der Waals surface area contributed by atoms with E-state index in [0.717, 1.165) is 11.3 Å². The van der Waals surface area contributed by atoms with E-state index in [1.165, 1.54) is 0 Å². The van der Waals surface area contributed by atoms with E-state index in [0.29, 0.717) is 26.1 Å². The SMILES string of the molecule is COC1(COc2ccccc2C)CCN(C(=O)COc2ncccn2)C1. The molecule has 1 aliphatic heterocycles. The van der Waals surface area contributed by atoms with Crippen molar-refractivity contribution < 1.29 is 19.0 Å². The zero-order valence-electron chi connectivity index (χ0n) is 15.1. The second kappa shape index (κ2) is 8.14. The third-order valence-electron chi connectivity index (χ3n) is 4.55. The van der Waals surface area contributed by atoms with Gasteiger partial charge in [0, 0.05) is 26.0 Å². The molecule has 1 aromatic heterocycles. The highest BCUT2D eigenvalue weighted by molar-refractivity contribution is 5.78. The number of aromatic nitrogens is 2. The highest BCUT2D eigenvalue weighted by Crippen LogP contribution is 2.27. The fraction of sp³-hybridized carbons (Fsp3) is 0.421. The van der Waals surface area contributed by atoms with Crippen LogP contribution < -0.4 is 9.47 Å². The van der Waals surface area contributed by atoms with Gasteiger partial charge in [0.2, 0.25) is 0 Å². The number of likely N-dealkylation sites (tertiary alicyclic amines) is 1. The van der Waals surface area contributed by atoms with E-state index >= 15 is 0 Å². The average Bonchev–Trinajstić information content (AvgIpc) is 3.11. The van der Waals surface area contributed by atoms with E-state index in [1.807, 2.05) is 31.2 Å². The van der Waals surface area contributed by atoms with Gasteiger partial charge < -0.3 is 19.1 Å².